The number of benzene rings is 2. The zero-order chi connectivity index (χ0) is 24.1. The molecule has 10 heteroatoms. The number of nitrogens with zero attached hydrogens (tertiary/aromatic N) is 2. The molecule has 1 aliphatic heterocycles. The Morgan fingerprint density at radius 2 is 1.79 bits per heavy atom. The number of thioether (sulfide) groups is 2. The maximum absolute atomic E-state index is 12.8. The number of anilines is 2. The van der Waals surface area contributed by atoms with Crippen LogP contribution < -0.4 is 26.6 Å². The molecule has 2 heterocycles. The van der Waals surface area contributed by atoms with Gasteiger partial charge in [-0.15, -0.1) is 23.5 Å². The number of hydrogen-bond acceptors (Lipinski definition) is 7. The first kappa shape index (κ1) is 24.0. The van der Waals surface area contributed by atoms with Crippen molar-refractivity contribution in [2.45, 2.75) is 17.5 Å². The summed E-state index contributed by atoms with van der Waals surface area (Å²) in [4.78, 5) is 41.0. The van der Waals surface area contributed by atoms with Crippen LogP contribution in [0.3, 0.4) is 0 Å². The second-order valence-electron chi connectivity index (χ2n) is 7.80. The van der Waals surface area contributed by atoms with Gasteiger partial charge in [-0.3, -0.25) is 19.1 Å². The second kappa shape index (κ2) is 10.9. The molecule has 1 saturated heterocycles. The van der Waals surface area contributed by atoms with Crippen molar-refractivity contribution in [3.05, 3.63) is 86.6 Å². The van der Waals surface area contributed by atoms with Crippen LogP contribution in [0.4, 0.5) is 11.5 Å². The first-order valence-electron chi connectivity index (χ1n) is 10.8. The highest BCUT2D eigenvalue weighted by Gasteiger charge is 2.22. The second-order valence-corrected chi connectivity index (χ2v) is 10.5. The van der Waals surface area contributed by atoms with Gasteiger partial charge in [0.1, 0.15) is 11.6 Å². The van der Waals surface area contributed by atoms with Crippen LogP contribution in [0.15, 0.2) is 64.2 Å². The molecule has 0 unspecified atom stereocenters. The van der Waals surface area contributed by atoms with Crippen LogP contribution in [0, 0.1) is 0 Å². The molecule has 0 spiro atoms. The van der Waals surface area contributed by atoms with Gasteiger partial charge < -0.3 is 15.4 Å². The predicted octanol–water partition coefficient (Wildman–Crippen LogP) is 3.08. The maximum Gasteiger partial charge on any atom is 0.330 e. The number of H-pyrrole nitrogens is 1. The third kappa shape index (κ3) is 5.51. The number of aromatic nitrogens is 2. The Morgan fingerprint density at radius 3 is 2.47 bits per heavy atom. The molecule has 178 valence electrons. The lowest BCUT2D eigenvalue weighted by Gasteiger charge is -2.22. The number of carbonyl (C=O) groups is 1. The van der Waals surface area contributed by atoms with E-state index in [1.165, 1.54) is 23.6 Å². The average Bonchev–Trinajstić information content (AvgIpc) is 2.86. The molecule has 2 aromatic carbocycles. The number of nitrogen functional groups attached to an aromatic ring is 1. The van der Waals surface area contributed by atoms with Gasteiger partial charge >= 0.3 is 5.69 Å². The minimum Gasteiger partial charge on any atom is -0.484 e. The molecule has 8 nitrogen and oxygen atoms in total. The van der Waals surface area contributed by atoms with Gasteiger partial charge in [-0.05, 0) is 41.2 Å². The van der Waals surface area contributed by atoms with Gasteiger partial charge in [0.05, 0.1) is 11.1 Å². The largest absolute Gasteiger partial charge is 0.484 e. The van der Waals surface area contributed by atoms with Crippen molar-refractivity contribution in [1.82, 2.24) is 9.55 Å². The van der Waals surface area contributed by atoms with Gasteiger partial charge in [0.15, 0.2) is 12.3 Å². The van der Waals surface area contributed by atoms with Crippen molar-refractivity contribution in [3.63, 3.8) is 0 Å². The Hall–Kier alpha value is -3.11. The zero-order valence-electron chi connectivity index (χ0n) is 18.7. The summed E-state index contributed by atoms with van der Waals surface area (Å²) in [5, 5.41) is 0. The minimum absolute atomic E-state index is 0.0831. The number of amides is 1. The van der Waals surface area contributed by atoms with Crippen molar-refractivity contribution >= 4 is 40.9 Å². The van der Waals surface area contributed by atoms with Crippen LogP contribution in [-0.2, 0) is 11.3 Å². The number of nitrogens with one attached hydrogen (secondary N) is 1. The maximum atomic E-state index is 12.8. The molecular formula is C24H26N4O4S2. The van der Waals surface area contributed by atoms with E-state index in [1.54, 1.807) is 0 Å². The van der Waals surface area contributed by atoms with E-state index in [1.807, 2.05) is 78.1 Å². The van der Waals surface area contributed by atoms with Gasteiger partial charge in [0.25, 0.3) is 11.5 Å². The summed E-state index contributed by atoms with van der Waals surface area (Å²) < 4.78 is 7.32. The molecule has 0 saturated carbocycles. The summed E-state index contributed by atoms with van der Waals surface area (Å²) >= 11 is 3.88. The van der Waals surface area contributed by atoms with Crippen LogP contribution in [-0.4, -0.2) is 40.6 Å². The summed E-state index contributed by atoms with van der Waals surface area (Å²) in [6.07, 6.45) is 1.24. The van der Waals surface area contributed by atoms with Crippen LogP contribution in [0.5, 0.6) is 5.75 Å². The van der Waals surface area contributed by atoms with E-state index in [-0.39, 0.29) is 24.7 Å². The average molecular weight is 499 g/mol. The van der Waals surface area contributed by atoms with Crippen molar-refractivity contribution in [2.24, 2.45) is 0 Å². The quantitative estimate of drug-likeness (QED) is 0.515. The molecular weight excluding hydrogens is 472 g/mol. The Bertz CT molecular complexity index is 1250. The number of hydrogen-bond donors (Lipinski definition) is 2. The Morgan fingerprint density at radius 1 is 1.12 bits per heavy atom. The zero-order valence-corrected chi connectivity index (χ0v) is 20.4. The summed E-state index contributed by atoms with van der Waals surface area (Å²) in [5.74, 6) is 2.34. The molecule has 3 N–H and O–H groups in total. The van der Waals surface area contributed by atoms with Crippen LogP contribution in [0.25, 0.3) is 0 Å². The Labute approximate surface area is 205 Å². The van der Waals surface area contributed by atoms with E-state index >= 15 is 0 Å². The lowest BCUT2D eigenvalue weighted by molar-refractivity contribution is -0.120. The highest BCUT2D eigenvalue weighted by atomic mass is 32.2. The van der Waals surface area contributed by atoms with Crippen molar-refractivity contribution < 1.29 is 9.53 Å². The number of ether oxygens (including phenoxy) is 1. The Kier molecular flexibility index (Phi) is 7.69. The highest BCUT2D eigenvalue weighted by Crippen LogP contribution is 2.43. The van der Waals surface area contributed by atoms with E-state index in [2.05, 4.69) is 4.98 Å². The van der Waals surface area contributed by atoms with E-state index < -0.39 is 17.2 Å². The SMILES string of the molecule is CN(C(=O)COc1ccc(C2SCCCS2)cc1)c1c(N)n(Cc2ccccc2)c(=O)[nH]c1=O. The van der Waals surface area contributed by atoms with Crippen LogP contribution in [0.1, 0.15) is 22.1 Å². The first-order valence-corrected chi connectivity index (χ1v) is 12.9. The van der Waals surface area contributed by atoms with Crippen LogP contribution >= 0.6 is 23.5 Å². The van der Waals surface area contributed by atoms with Gasteiger partial charge in [-0.25, -0.2) is 4.79 Å². The number of nitrogens with two attached hydrogens (primary N) is 1. The first-order chi connectivity index (χ1) is 16.4. The van der Waals surface area contributed by atoms with Crippen LogP contribution in [0.2, 0.25) is 0 Å². The highest BCUT2D eigenvalue weighted by molar-refractivity contribution is 8.16. The lowest BCUT2D eigenvalue weighted by Crippen LogP contribution is -2.41. The smallest absolute Gasteiger partial charge is 0.330 e. The number of rotatable bonds is 7. The molecule has 1 aromatic heterocycles. The molecule has 0 radical (unpaired) electrons. The van der Waals surface area contributed by atoms with Gasteiger partial charge in [0, 0.05) is 7.05 Å². The van der Waals surface area contributed by atoms with Crippen molar-refractivity contribution in [3.8, 4) is 5.75 Å². The fourth-order valence-electron chi connectivity index (χ4n) is 3.59. The molecule has 1 fully saturated rings. The molecule has 0 bridgehead atoms. The number of likely N-dealkylation sites (N-methyl/N-ethyl adjacent to an activating group) is 1. The number of carbonyl (C=O) groups excluding carboxylic acids is 1. The monoisotopic (exact) mass is 498 g/mol. The third-order valence-corrected chi connectivity index (χ3v) is 8.46. The van der Waals surface area contributed by atoms with E-state index in [0.717, 1.165) is 22.0 Å². The van der Waals surface area contributed by atoms with Crippen molar-refractivity contribution in [1.29, 1.82) is 0 Å². The molecule has 0 aliphatic carbocycles. The fourth-order valence-corrected chi connectivity index (χ4v) is 6.49. The normalized spacial score (nSPS) is 14.0. The Balaban J connectivity index is 1.45. The lowest BCUT2D eigenvalue weighted by atomic mass is 10.2. The predicted molar refractivity (Wildman–Crippen MR) is 139 cm³/mol. The standard InChI is InChI=1S/C24H26N4O4S2/c1-27(19(29)15-32-18-10-8-17(9-11-18)23-33-12-5-13-34-23)20-21(25)28(24(31)26-22(20)30)14-16-6-3-2-4-7-16/h2-4,6-11,23H,5,12-15,25H2,1H3,(H,26,30,31). The summed E-state index contributed by atoms with van der Waals surface area (Å²) in [7, 11) is 1.44. The van der Waals surface area contributed by atoms with E-state index in [4.69, 9.17) is 10.5 Å². The molecule has 34 heavy (non-hydrogen) atoms. The molecule has 1 amide bonds. The summed E-state index contributed by atoms with van der Waals surface area (Å²) in [6.45, 7) is -0.114. The van der Waals surface area contributed by atoms with Gasteiger partial charge in [-0.2, -0.15) is 0 Å². The van der Waals surface area contributed by atoms with E-state index in [0.29, 0.717) is 10.3 Å². The topological polar surface area (TPSA) is 110 Å². The molecule has 1 aliphatic rings. The fraction of sp³-hybridized carbons (Fsp3) is 0.292. The van der Waals surface area contributed by atoms with Gasteiger partial charge in [-0.1, -0.05) is 42.5 Å². The molecule has 4 rings (SSSR count). The molecule has 3 aromatic rings. The van der Waals surface area contributed by atoms with Gasteiger partial charge in [0.2, 0.25) is 0 Å². The minimum atomic E-state index is -0.727. The number of aromatic amines is 1. The van der Waals surface area contributed by atoms with E-state index in [9.17, 15) is 14.4 Å². The summed E-state index contributed by atoms with van der Waals surface area (Å²) in [5.41, 5.74) is 6.77. The van der Waals surface area contributed by atoms with Crippen molar-refractivity contribution in [2.75, 3.05) is 35.8 Å². The summed E-state index contributed by atoms with van der Waals surface area (Å²) in [6, 6.07) is 17.0. The molecule has 0 atom stereocenters. The third-order valence-electron chi connectivity index (χ3n) is 5.45.